The zero-order valence-electron chi connectivity index (χ0n) is 8.35. The third-order valence-electron chi connectivity index (χ3n) is 2.04. The quantitative estimate of drug-likeness (QED) is 0.575. The van der Waals surface area contributed by atoms with Crippen LogP contribution in [0.25, 0.3) is 0 Å². The van der Waals surface area contributed by atoms with Crippen LogP contribution in [-0.4, -0.2) is 25.8 Å². The molecule has 0 spiro atoms. The molecule has 0 saturated heterocycles. The third-order valence-corrected chi connectivity index (χ3v) is 2.04. The first-order valence-electron chi connectivity index (χ1n) is 4.24. The van der Waals surface area contributed by atoms with Gasteiger partial charge >= 0.3 is 0 Å². The number of Topliss-reactive ketones (excluding diaryl/α,β-unsaturated/α-hetero) is 1. The van der Waals surface area contributed by atoms with Gasteiger partial charge in [-0.05, 0) is 13.3 Å². The molecule has 0 unspecified atom stereocenters. The molecule has 0 bridgehead atoms. The summed E-state index contributed by atoms with van der Waals surface area (Å²) in [6.07, 6.45) is 2.42. The van der Waals surface area contributed by atoms with Crippen LogP contribution in [0.3, 0.4) is 0 Å². The zero-order chi connectivity index (χ0) is 9.61. The van der Waals surface area contributed by atoms with E-state index in [1.165, 1.54) is 14.2 Å². The number of unbranched alkanes of at least 4 members (excludes halogenated alkanes) is 1. The van der Waals surface area contributed by atoms with Crippen LogP contribution in [0.2, 0.25) is 0 Å². The Kier molecular flexibility index (Phi) is 5.09. The van der Waals surface area contributed by atoms with E-state index in [9.17, 15) is 4.79 Å². The Morgan fingerprint density at radius 3 is 2.17 bits per heavy atom. The molecule has 0 aromatic heterocycles. The molecule has 0 N–H and O–H groups in total. The highest BCUT2D eigenvalue weighted by atomic mass is 16.7. The molecule has 12 heavy (non-hydrogen) atoms. The van der Waals surface area contributed by atoms with Gasteiger partial charge in [-0.15, -0.1) is 0 Å². The lowest BCUT2D eigenvalue weighted by Crippen LogP contribution is -2.39. The average molecular weight is 174 g/mol. The van der Waals surface area contributed by atoms with Gasteiger partial charge in [0.1, 0.15) is 0 Å². The highest BCUT2D eigenvalue weighted by molar-refractivity contribution is 5.85. The van der Waals surface area contributed by atoms with Gasteiger partial charge in [-0.25, -0.2) is 0 Å². The Hall–Kier alpha value is -0.410. The van der Waals surface area contributed by atoms with Crippen LogP contribution in [0.4, 0.5) is 0 Å². The van der Waals surface area contributed by atoms with E-state index >= 15 is 0 Å². The van der Waals surface area contributed by atoms with Crippen molar-refractivity contribution in [3.63, 3.8) is 0 Å². The van der Waals surface area contributed by atoms with Crippen molar-refractivity contribution in [2.24, 2.45) is 0 Å². The number of rotatable bonds is 6. The van der Waals surface area contributed by atoms with E-state index in [4.69, 9.17) is 9.47 Å². The lowest BCUT2D eigenvalue weighted by Gasteiger charge is -2.24. The number of ketones is 1. The highest BCUT2D eigenvalue weighted by Crippen LogP contribution is 2.14. The normalized spacial score (nSPS) is 11.7. The lowest BCUT2D eigenvalue weighted by molar-refractivity contribution is -0.199. The fraction of sp³-hybridized carbons (Fsp3) is 0.889. The number of hydrogen-bond acceptors (Lipinski definition) is 3. The van der Waals surface area contributed by atoms with Crippen molar-refractivity contribution in [3.8, 4) is 0 Å². The van der Waals surface area contributed by atoms with Gasteiger partial charge in [0, 0.05) is 20.6 Å². The molecule has 3 nitrogen and oxygen atoms in total. The summed E-state index contributed by atoms with van der Waals surface area (Å²) in [7, 11) is 2.96. The molecule has 0 saturated carbocycles. The molecule has 0 radical (unpaired) electrons. The molecule has 0 aliphatic heterocycles. The smallest absolute Gasteiger partial charge is 0.225 e. The SMILES string of the molecule is CCCCC(=O)C(C)(OC)OC. The Bertz CT molecular complexity index is 139. The van der Waals surface area contributed by atoms with Gasteiger partial charge in [0.2, 0.25) is 5.79 Å². The Morgan fingerprint density at radius 1 is 1.33 bits per heavy atom. The van der Waals surface area contributed by atoms with Crippen molar-refractivity contribution in [3.05, 3.63) is 0 Å². The molecule has 0 rings (SSSR count). The van der Waals surface area contributed by atoms with Crippen LogP contribution in [0.5, 0.6) is 0 Å². The number of ether oxygens (including phenoxy) is 2. The average Bonchev–Trinajstić information content (AvgIpc) is 2.12. The van der Waals surface area contributed by atoms with Crippen LogP contribution >= 0.6 is 0 Å². The molecule has 0 aromatic rings. The van der Waals surface area contributed by atoms with Crippen molar-refractivity contribution in [2.45, 2.75) is 38.9 Å². The van der Waals surface area contributed by atoms with E-state index in [0.29, 0.717) is 6.42 Å². The Labute approximate surface area is 74.0 Å². The van der Waals surface area contributed by atoms with E-state index in [1.807, 2.05) is 6.92 Å². The summed E-state index contributed by atoms with van der Waals surface area (Å²) in [4.78, 5) is 11.4. The van der Waals surface area contributed by atoms with Crippen LogP contribution in [0.15, 0.2) is 0 Å². The number of carbonyl (C=O) groups excluding carboxylic acids is 1. The molecule has 0 atom stereocenters. The van der Waals surface area contributed by atoms with Crippen molar-refractivity contribution in [2.75, 3.05) is 14.2 Å². The fourth-order valence-electron chi connectivity index (χ4n) is 0.875. The summed E-state index contributed by atoms with van der Waals surface area (Å²) >= 11 is 0. The van der Waals surface area contributed by atoms with Crippen LogP contribution in [0, 0.1) is 0 Å². The van der Waals surface area contributed by atoms with Gasteiger partial charge < -0.3 is 9.47 Å². The van der Waals surface area contributed by atoms with Crippen molar-refractivity contribution in [1.29, 1.82) is 0 Å². The topological polar surface area (TPSA) is 35.5 Å². The molecule has 3 heteroatoms. The van der Waals surface area contributed by atoms with Crippen molar-refractivity contribution < 1.29 is 14.3 Å². The summed E-state index contributed by atoms with van der Waals surface area (Å²) in [5.41, 5.74) is 0. The third kappa shape index (κ3) is 2.91. The van der Waals surface area contributed by atoms with E-state index in [0.717, 1.165) is 12.8 Å². The molecule has 0 fully saturated rings. The van der Waals surface area contributed by atoms with Gasteiger partial charge in [0.05, 0.1) is 0 Å². The first kappa shape index (κ1) is 11.6. The predicted molar refractivity (Wildman–Crippen MR) is 47.0 cm³/mol. The van der Waals surface area contributed by atoms with Gasteiger partial charge in [0.25, 0.3) is 0 Å². The summed E-state index contributed by atoms with van der Waals surface area (Å²) in [6.45, 7) is 3.69. The second-order valence-electron chi connectivity index (χ2n) is 2.88. The van der Waals surface area contributed by atoms with Crippen molar-refractivity contribution >= 4 is 5.78 Å². The highest BCUT2D eigenvalue weighted by Gasteiger charge is 2.31. The molecular formula is C9H18O3. The summed E-state index contributed by atoms with van der Waals surface area (Å²) in [6, 6.07) is 0. The molecule has 0 amide bonds. The fourth-order valence-corrected chi connectivity index (χ4v) is 0.875. The molecule has 0 aliphatic rings. The second-order valence-corrected chi connectivity index (χ2v) is 2.88. The summed E-state index contributed by atoms with van der Waals surface area (Å²) in [5.74, 6) is -1.04. The Balaban J connectivity index is 4.03. The van der Waals surface area contributed by atoms with E-state index < -0.39 is 5.79 Å². The van der Waals surface area contributed by atoms with E-state index in [1.54, 1.807) is 6.92 Å². The predicted octanol–water partition coefficient (Wildman–Crippen LogP) is 1.75. The maximum Gasteiger partial charge on any atom is 0.225 e. The van der Waals surface area contributed by atoms with Crippen molar-refractivity contribution in [1.82, 2.24) is 0 Å². The van der Waals surface area contributed by atoms with E-state index in [2.05, 4.69) is 0 Å². The van der Waals surface area contributed by atoms with Gasteiger partial charge in [-0.2, -0.15) is 0 Å². The van der Waals surface area contributed by atoms with Gasteiger partial charge in [0.15, 0.2) is 5.78 Å². The maximum atomic E-state index is 11.4. The number of carbonyl (C=O) groups is 1. The van der Waals surface area contributed by atoms with Crippen LogP contribution < -0.4 is 0 Å². The minimum atomic E-state index is -1.05. The largest absolute Gasteiger partial charge is 0.347 e. The second kappa shape index (κ2) is 5.27. The zero-order valence-corrected chi connectivity index (χ0v) is 8.35. The lowest BCUT2D eigenvalue weighted by atomic mass is 10.1. The van der Waals surface area contributed by atoms with E-state index in [-0.39, 0.29) is 5.78 Å². The van der Waals surface area contributed by atoms with Gasteiger partial charge in [-0.1, -0.05) is 13.3 Å². The molecule has 0 aromatic carbocycles. The molecule has 0 aliphatic carbocycles. The first-order valence-corrected chi connectivity index (χ1v) is 4.24. The number of methoxy groups -OCH3 is 2. The van der Waals surface area contributed by atoms with Crippen LogP contribution in [-0.2, 0) is 14.3 Å². The molecule has 72 valence electrons. The standard InChI is InChI=1S/C9H18O3/c1-5-6-7-8(10)9(2,11-3)12-4/h5-7H2,1-4H3. The van der Waals surface area contributed by atoms with Gasteiger partial charge in [-0.3, -0.25) is 4.79 Å². The summed E-state index contributed by atoms with van der Waals surface area (Å²) in [5, 5.41) is 0. The monoisotopic (exact) mass is 174 g/mol. The summed E-state index contributed by atoms with van der Waals surface area (Å²) < 4.78 is 9.95. The Morgan fingerprint density at radius 2 is 1.83 bits per heavy atom. The molecular weight excluding hydrogens is 156 g/mol. The minimum Gasteiger partial charge on any atom is -0.347 e. The molecule has 0 heterocycles. The van der Waals surface area contributed by atoms with Crippen LogP contribution in [0.1, 0.15) is 33.1 Å². The number of hydrogen-bond donors (Lipinski definition) is 0. The maximum absolute atomic E-state index is 11.4. The minimum absolute atomic E-state index is 0.00866. The first-order chi connectivity index (χ1) is 5.60.